The molecular formula is C11H18Cl3N3O. The summed E-state index contributed by atoms with van der Waals surface area (Å²) in [6.07, 6.45) is 4.57. The molecule has 0 bridgehead atoms. The molecule has 104 valence electrons. The van der Waals surface area contributed by atoms with E-state index < -0.39 is 0 Å². The number of aromatic nitrogens is 1. The lowest BCUT2D eigenvalue weighted by atomic mass is 10.2. The minimum absolute atomic E-state index is 0. The highest BCUT2D eigenvalue weighted by Gasteiger charge is 2.14. The molecule has 0 aromatic carbocycles. The number of hydrogen-bond acceptors (Lipinski definition) is 3. The first-order chi connectivity index (χ1) is 7.38. The first-order valence-electron chi connectivity index (χ1n) is 5.19. The maximum atomic E-state index is 10.5. The van der Waals surface area contributed by atoms with Crippen LogP contribution >= 0.6 is 37.2 Å². The standard InChI is InChI=1S/C11H15N3O.3ClH/c15-10-14-7-5-13(6-8-14)9-11-1-3-12-4-2-11;;;/h1-4,10H,5-9H2;3*1H. The third kappa shape index (κ3) is 5.87. The smallest absolute Gasteiger partial charge is 0.209 e. The van der Waals surface area contributed by atoms with Crippen molar-refractivity contribution in [2.24, 2.45) is 0 Å². The fourth-order valence-electron chi connectivity index (χ4n) is 1.77. The molecule has 0 saturated carbocycles. The van der Waals surface area contributed by atoms with Gasteiger partial charge in [0, 0.05) is 45.1 Å². The Morgan fingerprint density at radius 1 is 1.06 bits per heavy atom. The van der Waals surface area contributed by atoms with Crippen LogP contribution in [0.5, 0.6) is 0 Å². The second-order valence-electron chi connectivity index (χ2n) is 3.77. The first kappa shape index (κ1) is 19.8. The van der Waals surface area contributed by atoms with Crippen molar-refractivity contribution in [3.05, 3.63) is 30.1 Å². The van der Waals surface area contributed by atoms with Gasteiger partial charge in [-0.1, -0.05) is 0 Å². The lowest BCUT2D eigenvalue weighted by molar-refractivity contribution is -0.119. The Hall–Kier alpha value is -0.550. The average molecular weight is 315 g/mol. The van der Waals surface area contributed by atoms with E-state index in [1.807, 2.05) is 29.4 Å². The monoisotopic (exact) mass is 313 g/mol. The van der Waals surface area contributed by atoms with Gasteiger partial charge in [-0.05, 0) is 17.7 Å². The lowest BCUT2D eigenvalue weighted by Crippen LogP contribution is -2.45. The van der Waals surface area contributed by atoms with Gasteiger partial charge in [0.05, 0.1) is 0 Å². The van der Waals surface area contributed by atoms with Crippen molar-refractivity contribution in [1.29, 1.82) is 0 Å². The molecule has 4 nitrogen and oxygen atoms in total. The number of pyridine rings is 1. The molecule has 2 heterocycles. The van der Waals surface area contributed by atoms with Crippen LogP contribution < -0.4 is 0 Å². The van der Waals surface area contributed by atoms with Crippen LogP contribution in [0.3, 0.4) is 0 Å². The predicted octanol–water partition coefficient (Wildman–Crippen LogP) is 1.62. The normalized spacial score (nSPS) is 14.8. The van der Waals surface area contributed by atoms with Gasteiger partial charge >= 0.3 is 0 Å². The zero-order valence-corrected chi connectivity index (χ0v) is 12.3. The zero-order valence-electron chi connectivity index (χ0n) is 9.90. The molecule has 1 saturated heterocycles. The maximum Gasteiger partial charge on any atom is 0.209 e. The number of hydrogen-bond donors (Lipinski definition) is 0. The summed E-state index contributed by atoms with van der Waals surface area (Å²) in [7, 11) is 0. The van der Waals surface area contributed by atoms with E-state index in [-0.39, 0.29) is 37.2 Å². The molecular weight excluding hydrogens is 297 g/mol. The molecule has 1 aromatic heterocycles. The second kappa shape index (κ2) is 10.4. The minimum Gasteiger partial charge on any atom is -0.343 e. The van der Waals surface area contributed by atoms with Crippen LogP contribution in [0.4, 0.5) is 0 Å². The van der Waals surface area contributed by atoms with Gasteiger partial charge in [-0.15, -0.1) is 37.2 Å². The SMILES string of the molecule is Cl.Cl.Cl.O=CN1CCN(Cc2ccncc2)CC1. The zero-order chi connectivity index (χ0) is 10.5. The Labute approximate surface area is 126 Å². The molecule has 18 heavy (non-hydrogen) atoms. The highest BCUT2D eigenvalue weighted by atomic mass is 35.5. The van der Waals surface area contributed by atoms with E-state index in [1.54, 1.807) is 0 Å². The van der Waals surface area contributed by atoms with E-state index in [0.29, 0.717) is 0 Å². The average Bonchev–Trinajstić information content (AvgIpc) is 2.31. The van der Waals surface area contributed by atoms with Crippen LogP contribution in [0.2, 0.25) is 0 Å². The van der Waals surface area contributed by atoms with Crippen LogP contribution in [-0.2, 0) is 11.3 Å². The van der Waals surface area contributed by atoms with E-state index in [4.69, 9.17) is 0 Å². The summed E-state index contributed by atoms with van der Waals surface area (Å²) in [5.74, 6) is 0. The van der Waals surface area contributed by atoms with Crippen molar-refractivity contribution in [2.45, 2.75) is 6.54 Å². The van der Waals surface area contributed by atoms with Gasteiger partial charge in [-0.3, -0.25) is 14.7 Å². The van der Waals surface area contributed by atoms with Crippen LogP contribution in [0, 0.1) is 0 Å². The summed E-state index contributed by atoms with van der Waals surface area (Å²) < 4.78 is 0. The van der Waals surface area contributed by atoms with E-state index in [2.05, 4.69) is 9.88 Å². The minimum atomic E-state index is 0. The first-order valence-corrected chi connectivity index (χ1v) is 5.19. The Bertz CT molecular complexity index is 319. The molecule has 1 fully saturated rings. The molecule has 7 heteroatoms. The number of halogens is 3. The van der Waals surface area contributed by atoms with Gasteiger partial charge in [0.1, 0.15) is 0 Å². The van der Waals surface area contributed by atoms with Crippen molar-refractivity contribution < 1.29 is 4.79 Å². The summed E-state index contributed by atoms with van der Waals surface area (Å²) in [4.78, 5) is 18.7. The predicted molar refractivity (Wildman–Crippen MR) is 78.9 cm³/mol. The van der Waals surface area contributed by atoms with Gasteiger partial charge in [0.2, 0.25) is 6.41 Å². The number of rotatable bonds is 3. The van der Waals surface area contributed by atoms with Crippen molar-refractivity contribution in [2.75, 3.05) is 26.2 Å². The fourth-order valence-corrected chi connectivity index (χ4v) is 1.77. The Kier molecular flexibility index (Phi) is 11.4. The molecule has 0 N–H and O–H groups in total. The summed E-state index contributed by atoms with van der Waals surface area (Å²) in [6.45, 7) is 4.56. The molecule has 0 aliphatic carbocycles. The van der Waals surface area contributed by atoms with Gasteiger partial charge < -0.3 is 4.90 Å². The topological polar surface area (TPSA) is 36.4 Å². The Morgan fingerprint density at radius 3 is 2.11 bits per heavy atom. The van der Waals surface area contributed by atoms with Gasteiger partial charge in [0.25, 0.3) is 0 Å². The Balaban J connectivity index is 0. The molecule has 1 amide bonds. The largest absolute Gasteiger partial charge is 0.343 e. The number of nitrogens with zero attached hydrogens (tertiary/aromatic N) is 3. The van der Waals surface area contributed by atoms with Gasteiger partial charge in [-0.25, -0.2) is 0 Å². The molecule has 1 aliphatic heterocycles. The van der Waals surface area contributed by atoms with Crippen LogP contribution in [0.15, 0.2) is 24.5 Å². The van der Waals surface area contributed by atoms with Crippen LogP contribution in [-0.4, -0.2) is 47.4 Å². The molecule has 2 rings (SSSR count). The number of carbonyl (C=O) groups excluding carboxylic acids is 1. The quantitative estimate of drug-likeness (QED) is 0.796. The van der Waals surface area contributed by atoms with Crippen molar-refractivity contribution >= 4 is 43.6 Å². The molecule has 0 unspecified atom stereocenters. The highest BCUT2D eigenvalue weighted by Crippen LogP contribution is 2.06. The second-order valence-corrected chi connectivity index (χ2v) is 3.77. The fraction of sp³-hybridized carbons (Fsp3) is 0.455. The molecule has 1 aromatic rings. The van der Waals surface area contributed by atoms with E-state index in [1.165, 1.54) is 5.56 Å². The third-order valence-electron chi connectivity index (χ3n) is 2.71. The summed E-state index contributed by atoms with van der Waals surface area (Å²) in [5.41, 5.74) is 1.28. The van der Waals surface area contributed by atoms with E-state index >= 15 is 0 Å². The number of carbonyl (C=O) groups is 1. The number of amides is 1. The summed E-state index contributed by atoms with van der Waals surface area (Å²) in [6, 6.07) is 4.07. The van der Waals surface area contributed by atoms with Crippen molar-refractivity contribution in [3.63, 3.8) is 0 Å². The Morgan fingerprint density at radius 2 is 1.61 bits per heavy atom. The summed E-state index contributed by atoms with van der Waals surface area (Å²) in [5, 5.41) is 0. The molecule has 0 atom stereocenters. The van der Waals surface area contributed by atoms with Crippen LogP contribution in [0.25, 0.3) is 0 Å². The third-order valence-corrected chi connectivity index (χ3v) is 2.71. The lowest BCUT2D eigenvalue weighted by Gasteiger charge is -2.32. The van der Waals surface area contributed by atoms with E-state index in [0.717, 1.165) is 39.1 Å². The van der Waals surface area contributed by atoms with Gasteiger partial charge in [0.15, 0.2) is 0 Å². The molecule has 0 spiro atoms. The highest BCUT2D eigenvalue weighted by molar-refractivity contribution is 5.86. The van der Waals surface area contributed by atoms with Crippen LogP contribution in [0.1, 0.15) is 5.56 Å². The molecule has 0 radical (unpaired) electrons. The maximum absolute atomic E-state index is 10.5. The van der Waals surface area contributed by atoms with Gasteiger partial charge in [-0.2, -0.15) is 0 Å². The molecule has 1 aliphatic rings. The number of piperazine rings is 1. The van der Waals surface area contributed by atoms with Crippen molar-refractivity contribution in [1.82, 2.24) is 14.8 Å². The van der Waals surface area contributed by atoms with E-state index in [9.17, 15) is 4.79 Å². The summed E-state index contributed by atoms with van der Waals surface area (Å²) >= 11 is 0. The van der Waals surface area contributed by atoms with Crippen molar-refractivity contribution in [3.8, 4) is 0 Å².